The molecule has 0 aliphatic carbocycles. The number of amides is 1. The van der Waals surface area contributed by atoms with Crippen molar-refractivity contribution in [3.05, 3.63) is 59.9 Å². The average Bonchev–Trinajstić information content (AvgIpc) is 2.47. The van der Waals surface area contributed by atoms with Crippen molar-refractivity contribution in [1.29, 1.82) is 0 Å². The third kappa shape index (κ3) is 5.35. The van der Waals surface area contributed by atoms with E-state index in [4.69, 9.17) is 4.74 Å². The van der Waals surface area contributed by atoms with E-state index in [-0.39, 0.29) is 12.3 Å². The summed E-state index contributed by atoms with van der Waals surface area (Å²) in [7, 11) is 0. The van der Waals surface area contributed by atoms with E-state index in [1.165, 1.54) is 18.2 Å². The summed E-state index contributed by atoms with van der Waals surface area (Å²) < 4.78 is 19.0. The Balaban J connectivity index is 2.05. The molecule has 4 nitrogen and oxygen atoms in total. The minimum atomic E-state index is -1.07. The third-order valence-corrected chi connectivity index (χ3v) is 3.19. The highest BCUT2D eigenvalue weighted by atomic mass is 19.1. The van der Waals surface area contributed by atoms with Gasteiger partial charge in [0.1, 0.15) is 17.2 Å². The molecule has 128 valence electrons. The van der Waals surface area contributed by atoms with Gasteiger partial charge in [0.05, 0.1) is 18.2 Å². The van der Waals surface area contributed by atoms with E-state index in [0.717, 1.165) is 0 Å². The number of ether oxygens (including phenoxy) is 1. The highest BCUT2D eigenvalue weighted by molar-refractivity contribution is 5.92. The SMILES string of the molecule is CC(C)(C)Oc1ccccc1NC(=O)CC(O)c1cccc(F)c1. The monoisotopic (exact) mass is 331 g/mol. The Bertz CT molecular complexity index is 710. The molecule has 0 fully saturated rings. The Morgan fingerprint density at radius 2 is 1.92 bits per heavy atom. The van der Waals surface area contributed by atoms with Crippen molar-refractivity contribution in [3.63, 3.8) is 0 Å². The van der Waals surface area contributed by atoms with Crippen molar-refractivity contribution in [2.75, 3.05) is 5.32 Å². The van der Waals surface area contributed by atoms with Crippen LogP contribution >= 0.6 is 0 Å². The van der Waals surface area contributed by atoms with Crippen LogP contribution in [0.2, 0.25) is 0 Å². The first kappa shape index (κ1) is 17.9. The lowest BCUT2D eigenvalue weighted by Crippen LogP contribution is -2.24. The first-order valence-corrected chi connectivity index (χ1v) is 7.76. The molecule has 2 N–H and O–H groups in total. The fourth-order valence-electron chi connectivity index (χ4n) is 2.20. The lowest BCUT2D eigenvalue weighted by molar-refractivity contribution is -0.118. The fraction of sp³-hybridized carbons (Fsp3) is 0.316. The first-order chi connectivity index (χ1) is 11.2. The molecule has 1 amide bonds. The summed E-state index contributed by atoms with van der Waals surface area (Å²) in [5.74, 6) is -0.272. The van der Waals surface area contributed by atoms with Crippen molar-refractivity contribution >= 4 is 11.6 Å². The Labute approximate surface area is 141 Å². The summed E-state index contributed by atoms with van der Waals surface area (Å²) in [6.45, 7) is 5.75. The van der Waals surface area contributed by atoms with Crippen LogP contribution in [0, 0.1) is 5.82 Å². The van der Waals surface area contributed by atoms with Gasteiger partial charge < -0.3 is 15.2 Å². The standard InChI is InChI=1S/C19H22FNO3/c1-19(2,3)24-17-10-5-4-9-15(17)21-18(23)12-16(22)13-7-6-8-14(20)11-13/h4-11,16,22H,12H2,1-3H3,(H,21,23). The minimum Gasteiger partial charge on any atom is -0.486 e. The molecule has 5 heteroatoms. The maximum absolute atomic E-state index is 13.2. The maximum Gasteiger partial charge on any atom is 0.227 e. The summed E-state index contributed by atoms with van der Waals surface area (Å²) in [4.78, 5) is 12.2. The van der Waals surface area contributed by atoms with Crippen molar-refractivity contribution in [3.8, 4) is 5.75 Å². The van der Waals surface area contributed by atoms with Gasteiger partial charge in [-0.15, -0.1) is 0 Å². The fourth-order valence-corrected chi connectivity index (χ4v) is 2.20. The van der Waals surface area contributed by atoms with Crippen LogP contribution < -0.4 is 10.1 Å². The quantitative estimate of drug-likeness (QED) is 0.868. The molecule has 0 bridgehead atoms. The smallest absolute Gasteiger partial charge is 0.227 e. The predicted octanol–water partition coefficient (Wildman–Crippen LogP) is 4.07. The summed E-state index contributed by atoms with van der Waals surface area (Å²) in [5.41, 5.74) is 0.496. The van der Waals surface area contributed by atoms with Gasteiger partial charge in [0.25, 0.3) is 0 Å². The third-order valence-electron chi connectivity index (χ3n) is 3.19. The van der Waals surface area contributed by atoms with Gasteiger partial charge >= 0.3 is 0 Å². The summed E-state index contributed by atoms with van der Waals surface area (Å²) in [5, 5.41) is 12.8. The Morgan fingerprint density at radius 1 is 1.21 bits per heavy atom. The molecule has 0 heterocycles. The van der Waals surface area contributed by atoms with Gasteiger partial charge in [-0.25, -0.2) is 4.39 Å². The number of aliphatic hydroxyl groups is 1. The van der Waals surface area contributed by atoms with E-state index in [1.807, 2.05) is 26.8 Å². The summed E-state index contributed by atoms with van der Waals surface area (Å²) in [6.07, 6.45) is -1.25. The van der Waals surface area contributed by atoms with Gasteiger partial charge in [-0.2, -0.15) is 0 Å². The molecule has 1 atom stereocenters. The van der Waals surface area contributed by atoms with E-state index in [0.29, 0.717) is 17.0 Å². The molecule has 0 saturated carbocycles. The van der Waals surface area contributed by atoms with Crippen LogP contribution in [0.4, 0.5) is 10.1 Å². The number of benzene rings is 2. The first-order valence-electron chi connectivity index (χ1n) is 7.76. The number of hydrogen-bond donors (Lipinski definition) is 2. The highest BCUT2D eigenvalue weighted by Crippen LogP contribution is 2.28. The van der Waals surface area contributed by atoms with Gasteiger partial charge in [-0.3, -0.25) is 4.79 Å². The largest absolute Gasteiger partial charge is 0.486 e. The lowest BCUT2D eigenvalue weighted by atomic mass is 10.1. The van der Waals surface area contributed by atoms with Gasteiger partial charge in [-0.05, 0) is 50.6 Å². The number of anilines is 1. The van der Waals surface area contributed by atoms with E-state index in [9.17, 15) is 14.3 Å². The Morgan fingerprint density at radius 3 is 2.58 bits per heavy atom. The number of halogens is 1. The van der Waals surface area contributed by atoms with Crippen LogP contribution in [0.1, 0.15) is 38.9 Å². The van der Waals surface area contributed by atoms with Crippen LogP contribution in [0.3, 0.4) is 0 Å². The van der Waals surface area contributed by atoms with E-state index in [1.54, 1.807) is 24.3 Å². The molecule has 0 aromatic heterocycles. The Kier molecular flexibility index (Phi) is 5.57. The number of carbonyl (C=O) groups excluding carboxylic acids is 1. The van der Waals surface area contributed by atoms with Gasteiger partial charge in [0, 0.05) is 0 Å². The summed E-state index contributed by atoms with van der Waals surface area (Å²) >= 11 is 0. The molecular formula is C19H22FNO3. The van der Waals surface area contributed by atoms with Crippen molar-refractivity contribution in [2.24, 2.45) is 0 Å². The number of rotatable bonds is 5. The predicted molar refractivity (Wildman–Crippen MR) is 91.4 cm³/mol. The van der Waals surface area contributed by atoms with Gasteiger partial charge in [0.15, 0.2) is 0 Å². The molecule has 0 spiro atoms. The zero-order valence-electron chi connectivity index (χ0n) is 14.0. The minimum absolute atomic E-state index is 0.173. The second-order valence-electron chi connectivity index (χ2n) is 6.53. The van der Waals surface area contributed by atoms with Gasteiger partial charge in [0.2, 0.25) is 5.91 Å². The summed E-state index contributed by atoms with van der Waals surface area (Å²) in [6, 6.07) is 12.7. The van der Waals surface area contributed by atoms with E-state index in [2.05, 4.69) is 5.32 Å². The van der Waals surface area contributed by atoms with Gasteiger partial charge in [-0.1, -0.05) is 24.3 Å². The molecule has 2 aromatic carbocycles. The number of nitrogens with one attached hydrogen (secondary N) is 1. The molecule has 0 aliphatic rings. The van der Waals surface area contributed by atoms with Crippen LogP contribution in [0.15, 0.2) is 48.5 Å². The van der Waals surface area contributed by atoms with Crippen LogP contribution in [0.5, 0.6) is 5.75 Å². The van der Waals surface area contributed by atoms with Crippen LogP contribution in [-0.4, -0.2) is 16.6 Å². The second-order valence-corrected chi connectivity index (χ2v) is 6.53. The topological polar surface area (TPSA) is 58.6 Å². The molecular weight excluding hydrogens is 309 g/mol. The van der Waals surface area contributed by atoms with E-state index < -0.39 is 17.5 Å². The molecule has 24 heavy (non-hydrogen) atoms. The maximum atomic E-state index is 13.2. The Hall–Kier alpha value is -2.40. The average molecular weight is 331 g/mol. The molecule has 1 unspecified atom stereocenters. The van der Waals surface area contributed by atoms with Crippen molar-refractivity contribution < 1.29 is 19.0 Å². The van der Waals surface area contributed by atoms with Crippen LogP contribution in [-0.2, 0) is 4.79 Å². The normalized spacial score (nSPS) is 12.5. The lowest BCUT2D eigenvalue weighted by Gasteiger charge is -2.23. The number of para-hydroxylation sites is 2. The van der Waals surface area contributed by atoms with E-state index >= 15 is 0 Å². The molecule has 0 aliphatic heterocycles. The van der Waals surface area contributed by atoms with Crippen molar-refractivity contribution in [2.45, 2.75) is 38.9 Å². The number of aliphatic hydroxyl groups excluding tert-OH is 1. The molecule has 2 rings (SSSR count). The molecule has 0 saturated heterocycles. The number of hydrogen-bond acceptors (Lipinski definition) is 3. The van der Waals surface area contributed by atoms with Crippen LogP contribution in [0.25, 0.3) is 0 Å². The number of carbonyl (C=O) groups is 1. The molecule has 0 radical (unpaired) electrons. The van der Waals surface area contributed by atoms with Crippen molar-refractivity contribution in [1.82, 2.24) is 0 Å². The highest BCUT2D eigenvalue weighted by Gasteiger charge is 2.17. The zero-order chi connectivity index (χ0) is 17.7. The zero-order valence-corrected chi connectivity index (χ0v) is 14.0. The molecule has 2 aromatic rings. The second kappa shape index (κ2) is 7.45.